The Bertz CT molecular complexity index is 1250. The zero-order valence-electron chi connectivity index (χ0n) is 43.2. The molecule has 4 atom stereocenters. The number of nitrogens with two attached hydrogens (primary N) is 2. The summed E-state index contributed by atoms with van der Waals surface area (Å²) in [5.41, 5.74) is 15.6. The van der Waals surface area contributed by atoms with Gasteiger partial charge in [0, 0.05) is 25.2 Å². The zero-order chi connectivity index (χ0) is 47.4. The van der Waals surface area contributed by atoms with Crippen molar-refractivity contribution in [3.05, 3.63) is 96.1 Å². The number of allylic oxidation sites excluding steroid dienone is 4. The van der Waals surface area contributed by atoms with Gasteiger partial charge in [-0.25, -0.2) is 0 Å². The number of unbranched alkanes of at least 4 members (excludes halogenated alkanes) is 25. The van der Waals surface area contributed by atoms with Crippen LogP contribution in [0.3, 0.4) is 0 Å². The van der Waals surface area contributed by atoms with Crippen molar-refractivity contribution >= 4 is 0 Å². The SMILES string of the molecule is CCCCCCCCC=CCCCCCCCCN(CCCCN(CCCCCCCCC=CCCCCCCCC)CC(O)C(N)Cc1ccccc1)CC(O)C(N)Cc1ccccc1. The molecule has 4 unspecified atom stereocenters. The molecule has 378 valence electrons. The predicted octanol–water partition coefficient (Wildman–Crippen LogP) is 14.3. The minimum Gasteiger partial charge on any atom is -0.390 e. The third kappa shape index (κ3) is 34.9. The van der Waals surface area contributed by atoms with E-state index in [1.165, 1.54) is 178 Å². The van der Waals surface area contributed by atoms with Crippen LogP contribution in [0.5, 0.6) is 0 Å². The molecule has 6 nitrogen and oxygen atoms in total. The Labute approximate surface area is 408 Å². The third-order valence-corrected chi connectivity index (χ3v) is 13.7. The average molecular weight is 916 g/mol. The van der Waals surface area contributed by atoms with E-state index in [1.807, 2.05) is 36.4 Å². The van der Waals surface area contributed by atoms with Crippen LogP contribution in [0.15, 0.2) is 85.0 Å². The first-order valence-corrected chi connectivity index (χ1v) is 28.1. The topological polar surface area (TPSA) is 99.0 Å². The summed E-state index contributed by atoms with van der Waals surface area (Å²) in [6, 6.07) is 20.1. The molecule has 0 saturated heterocycles. The van der Waals surface area contributed by atoms with Gasteiger partial charge in [-0.2, -0.15) is 0 Å². The first-order valence-electron chi connectivity index (χ1n) is 28.1. The van der Waals surface area contributed by atoms with Crippen LogP contribution < -0.4 is 11.5 Å². The summed E-state index contributed by atoms with van der Waals surface area (Å²) in [5.74, 6) is 0. The molecule has 0 aliphatic rings. The number of benzene rings is 2. The van der Waals surface area contributed by atoms with Crippen LogP contribution in [0.25, 0.3) is 0 Å². The summed E-state index contributed by atoms with van der Waals surface area (Å²) < 4.78 is 0. The van der Waals surface area contributed by atoms with Crippen molar-refractivity contribution in [1.82, 2.24) is 9.80 Å². The first-order chi connectivity index (χ1) is 32.4. The smallest absolute Gasteiger partial charge is 0.0820 e. The fraction of sp³-hybridized carbons (Fsp3) is 0.733. The van der Waals surface area contributed by atoms with Gasteiger partial charge in [0.15, 0.2) is 0 Å². The maximum atomic E-state index is 11.3. The van der Waals surface area contributed by atoms with Crippen molar-refractivity contribution in [3.8, 4) is 0 Å². The zero-order valence-corrected chi connectivity index (χ0v) is 43.2. The lowest BCUT2D eigenvalue weighted by molar-refractivity contribution is 0.0823. The summed E-state index contributed by atoms with van der Waals surface area (Å²) in [7, 11) is 0. The lowest BCUT2D eigenvalue weighted by atomic mass is 10.0. The minimum absolute atomic E-state index is 0.289. The molecule has 0 fully saturated rings. The van der Waals surface area contributed by atoms with E-state index >= 15 is 0 Å². The molecule has 0 amide bonds. The Morgan fingerprint density at radius 1 is 0.379 bits per heavy atom. The summed E-state index contributed by atoms with van der Waals surface area (Å²) >= 11 is 0. The van der Waals surface area contributed by atoms with Crippen LogP contribution in [0, 0.1) is 0 Å². The highest BCUT2D eigenvalue weighted by Gasteiger charge is 2.21. The largest absolute Gasteiger partial charge is 0.390 e. The van der Waals surface area contributed by atoms with E-state index in [-0.39, 0.29) is 12.1 Å². The van der Waals surface area contributed by atoms with Gasteiger partial charge < -0.3 is 31.5 Å². The molecule has 6 heteroatoms. The van der Waals surface area contributed by atoms with E-state index in [9.17, 15) is 10.2 Å². The molecular weight excluding hydrogens is 809 g/mol. The second-order valence-corrected chi connectivity index (χ2v) is 20.0. The molecule has 2 aromatic rings. The molecule has 0 spiro atoms. The lowest BCUT2D eigenvalue weighted by Gasteiger charge is -2.30. The van der Waals surface area contributed by atoms with Gasteiger partial charge in [-0.1, -0.05) is 214 Å². The highest BCUT2D eigenvalue weighted by atomic mass is 16.3. The molecule has 66 heavy (non-hydrogen) atoms. The summed E-state index contributed by atoms with van der Waals surface area (Å²) in [6.07, 6.45) is 48.7. The van der Waals surface area contributed by atoms with Crippen LogP contribution in [0.2, 0.25) is 0 Å². The van der Waals surface area contributed by atoms with Gasteiger partial charge >= 0.3 is 0 Å². The maximum Gasteiger partial charge on any atom is 0.0820 e. The van der Waals surface area contributed by atoms with Gasteiger partial charge in [-0.15, -0.1) is 0 Å². The van der Waals surface area contributed by atoms with E-state index in [4.69, 9.17) is 11.5 Å². The third-order valence-electron chi connectivity index (χ3n) is 13.7. The van der Waals surface area contributed by atoms with E-state index in [0.717, 1.165) is 51.9 Å². The fourth-order valence-corrected chi connectivity index (χ4v) is 9.27. The number of hydrogen-bond acceptors (Lipinski definition) is 6. The van der Waals surface area contributed by atoms with Gasteiger partial charge in [0.05, 0.1) is 12.2 Å². The Hall–Kier alpha value is -2.32. The number of hydrogen-bond donors (Lipinski definition) is 4. The predicted molar refractivity (Wildman–Crippen MR) is 289 cm³/mol. The molecule has 0 aliphatic carbocycles. The number of aliphatic hydroxyl groups is 2. The summed E-state index contributed by atoms with van der Waals surface area (Å²) in [4.78, 5) is 4.95. The highest BCUT2D eigenvalue weighted by Crippen LogP contribution is 2.15. The molecular formula is C60H106N4O2. The van der Waals surface area contributed by atoms with Crippen molar-refractivity contribution in [3.63, 3.8) is 0 Å². The van der Waals surface area contributed by atoms with Crippen molar-refractivity contribution in [1.29, 1.82) is 0 Å². The summed E-state index contributed by atoms with van der Waals surface area (Å²) in [5, 5.41) is 22.7. The van der Waals surface area contributed by atoms with Crippen LogP contribution in [-0.2, 0) is 12.8 Å². The van der Waals surface area contributed by atoms with Crippen molar-refractivity contribution in [2.45, 2.75) is 244 Å². The second-order valence-electron chi connectivity index (χ2n) is 20.0. The summed E-state index contributed by atoms with van der Waals surface area (Å²) in [6.45, 7) is 9.72. The Kier molecular flexibility index (Phi) is 39.8. The van der Waals surface area contributed by atoms with Crippen LogP contribution in [0.1, 0.15) is 218 Å². The van der Waals surface area contributed by atoms with Gasteiger partial charge in [-0.3, -0.25) is 0 Å². The van der Waals surface area contributed by atoms with Crippen LogP contribution in [0.4, 0.5) is 0 Å². The van der Waals surface area contributed by atoms with Crippen molar-refractivity contribution in [2.24, 2.45) is 11.5 Å². The monoisotopic (exact) mass is 915 g/mol. The molecule has 0 bridgehead atoms. The van der Waals surface area contributed by atoms with Gasteiger partial charge in [0.2, 0.25) is 0 Å². The second kappa shape index (κ2) is 43.9. The van der Waals surface area contributed by atoms with E-state index in [1.54, 1.807) is 0 Å². The van der Waals surface area contributed by atoms with E-state index in [2.05, 4.69) is 72.2 Å². The normalized spacial score (nSPS) is 14.0. The standard InChI is InChI=1S/C60H106N4O2/c1-3-5-7-9-11-13-15-17-19-21-23-25-27-29-31-39-47-63(53-59(65)57(61)51-55-43-35-33-36-44-55)49-41-42-50-64(54-60(66)58(62)52-56-45-37-34-38-46-56)48-40-32-30-28-26-24-22-20-18-16-14-12-10-8-6-4-2/h17-20,33-38,43-46,57-60,65-66H,3-16,21-32,39-42,47-54,61-62H2,1-2H3. The fourth-order valence-electron chi connectivity index (χ4n) is 9.27. The number of nitrogens with zero attached hydrogens (tertiary/aromatic N) is 2. The van der Waals surface area contributed by atoms with E-state index in [0.29, 0.717) is 25.9 Å². The Morgan fingerprint density at radius 2 is 0.636 bits per heavy atom. The quantitative estimate of drug-likeness (QED) is 0.0390. The minimum atomic E-state index is -0.566. The molecule has 6 N–H and O–H groups in total. The van der Waals surface area contributed by atoms with Gasteiger partial charge in [-0.05, 0) is 127 Å². The molecule has 0 saturated carbocycles. The molecule has 0 aliphatic heterocycles. The molecule has 0 heterocycles. The Morgan fingerprint density at radius 3 is 0.939 bits per heavy atom. The lowest BCUT2D eigenvalue weighted by Crippen LogP contribution is -2.46. The molecule has 0 radical (unpaired) electrons. The number of aliphatic hydroxyl groups excluding tert-OH is 2. The molecule has 0 aromatic heterocycles. The van der Waals surface area contributed by atoms with E-state index < -0.39 is 12.2 Å². The van der Waals surface area contributed by atoms with Gasteiger partial charge in [0.25, 0.3) is 0 Å². The highest BCUT2D eigenvalue weighted by molar-refractivity contribution is 5.17. The first kappa shape index (κ1) is 59.8. The van der Waals surface area contributed by atoms with Crippen molar-refractivity contribution in [2.75, 3.05) is 39.3 Å². The van der Waals surface area contributed by atoms with Crippen LogP contribution in [-0.4, -0.2) is 83.6 Å². The van der Waals surface area contributed by atoms with Gasteiger partial charge in [0.1, 0.15) is 0 Å². The van der Waals surface area contributed by atoms with Crippen molar-refractivity contribution < 1.29 is 10.2 Å². The average Bonchev–Trinajstić information content (AvgIpc) is 3.32. The molecule has 2 aromatic carbocycles. The Balaban J connectivity index is 1.81. The number of rotatable bonds is 47. The van der Waals surface area contributed by atoms with Crippen LogP contribution >= 0.6 is 0 Å². The molecule has 2 rings (SSSR count). The maximum absolute atomic E-state index is 11.3.